The number of carbonyl (C=O) groups excluding carboxylic acids is 2. The van der Waals surface area contributed by atoms with Gasteiger partial charge in [-0.25, -0.2) is 0 Å². The third-order valence-electron chi connectivity index (χ3n) is 2.80. The smallest absolute Gasteiger partial charge is 0.256 e. The maximum Gasteiger partial charge on any atom is 0.256 e. The summed E-state index contributed by atoms with van der Waals surface area (Å²) in [4.78, 5) is 28.9. The Morgan fingerprint density at radius 2 is 2.05 bits per heavy atom. The van der Waals surface area contributed by atoms with E-state index in [4.69, 9.17) is 17.3 Å². The number of halogens is 1. The fourth-order valence-corrected chi connectivity index (χ4v) is 2.13. The van der Waals surface area contributed by atoms with E-state index in [-0.39, 0.29) is 19.0 Å². The summed E-state index contributed by atoms with van der Waals surface area (Å²) >= 11 is 5.93. The number of primary amides is 1. The van der Waals surface area contributed by atoms with Crippen LogP contribution in [0.25, 0.3) is 0 Å². The highest BCUT2D eigenvalue weighted by Crippen LogP contribution is 2.14. The predicted molar refractivity (Wildman–Crippen MR) is 79.6 cm³/mol. The molecule has 1 aromatic heterocycles. The molecule has 0 aliphatic carbocycles. The molecule has 0 saturated heterocycles. The molecule has 5 nitrogen and oxygen atoms in total. The summed E-state index contributed by atoms with van der Waals surface area (Å²) in [7, 11) is 0. The van der Waals surface area contributed by atoms with Gasteiger partial charge in [0.15, 0.2) is 0 Å². The Kier molecular flexibility index (Phi) is 4.90. The van der Waals surface area contributed by atoms with Crippen LogP contribution >= 0.6 is 11.6 Å². The Morgan fingerprint density at radius 1 is 1.24 bits per heavy atom. The molecular weight excluding hydrogens is 290 g/mol. The molecule has 0 atom stereocenters. The van der Waals surface area contributed by atoms with Gasteiger partial charge in [0.2, 0.25) is 5.91 Å². The second kappa shape index (κ2) is 6.85. The number of nitrogens with zero attached hydrogens (tertiary/aromatic N) is 2. The maximum absolute atomic E-state index is 12.4. The average Bonchev–Trinajstić information content (AvgIpc) is 2.46. The third kappa shape index (κ3) is 4.29. The summed E-state index contributed by atoms with van der Waals surface area (Å²) in [5.74, 6) is -0.879. The van der Waals surface area contributed by atoms with E-state index in [1.54, 1.807) is 36.5 Å². The lowest BCUT2D eigenvalue weighted by Crippen LogP contribution is -2.38. The first-order valence-corrected chi connectivity index (χ1v) is 6.66. The number of aromatic nitrogens is 1. The van der Waals surface area contributed by atoms with Crippen LogP contribution in [0.3, 0.4) is 0 Å². The van der Waals surface area contributed by atoms with Gasteiger partial charge in [-0.2, -0.15) is 0 Å². The van der Waals surface area contributed by atoms with Gasteiger partial charge in [-0.15, -0.1) is 0 Å². The van der Waals surface area contributed by atoms with E-state index < -0.39 is 5.91 Å². The van der Waals surface area contributed by atoms with E-state index in [0.29, 0.717) is 10.6 Å². The zero-order valence-corrected chi connectivity index (χ0v) is 12.0. The molecule has 21 heavy (non-hydrogen) atoms. The van der Waals surface area contributed by atoms with E-state index in [2.05, 4.69) is 4.98 Å². The van der Waals surface area contributed by atoms with Crippen molar-refractivity contribution in [3.05, 3.63) is 64.9 Å². The Bertz CT molecular complexity index is 646. The van der Waals surface area contributed by atoms with Gasteiger partial charge in [0.1, 0.15) is 0 Å². The van der Waals surface area contributed by atoms with E-state index in [1.807, 2.05) is 6.07 Å². The number of hydrogen-bond donors (Lipinski definition) is 1. The van der Waals surface area contributed by atoms with Crippen molar-refractivity contribution in [2.45, 2.75) is 6.54 Å². The predicted octanol–water partition coefficient (Wildman–Crippen LogP) is 1.86. The molecule has 0 spiro atoms. The Morgan fingerprint density at radius 3 is 2.67 bits per heavy atom. The molecule has 2 rings (SSSR count). The lowest BCUT2D eigenvalue weighted by Gasteiger charge is -2.21. The second-order valence-corrected chi connectivity index (χ2v) is 4.94. The van der Waals surface area contributed by atoms with Crippen LogP contribution in [-0.2, 0) is 11.3 Å². The molecule has 2 amide bonds. The highest BCUT2D eigenvalue weighted by Gasteiger charge is 2.18. The van der Waals surface area contributed by atoms with E-state index in [0.717, 1.165) is 5.56 Å². The van der Waals surface area contributed by atoms with Gasteiger partial charge in [-0.1, -0.05) is 23.7 Å². The van der Waals surface area contributed by atoms with Crippen molar-refractivity contribution in [1.29, 1.82) is 0 Å². The van der Waals surface area contributed by atoms with Gasteiger partial charge >= 0.3 is 0 Å². The number of carbonyl (C=O) groups is 2. The Balaban J connectivity index is 2.22. The first kappa shape index (κ1) is 15.0. The van der Waals surface area contributed by atoms with Crippen molar-refractivity contribution in [2.75, 3.05) is 6.54 Å². The summed E-state index contributed by atoms with van der Waals surface area (Å²) in [6.07, 6.45) is 3.03. The number of amides is 2. The molecule has 0 bridgehead atoms. The van der Waals surface area contributed by atoms with Gasteiger partial charge in [-0.3, -0.25) is 14.6 Å². The summed E-state index contributed by atoms with van der Waals surface area (Å²) in [6.45, 7) is 0.0808. The Hall–Kier alpha value is -2.40. The summed E-state index contributed by atoms with van der Waals surface area (Å²) in [5, 5.41) is 0.570. The van der Waals surface area contributed by atoms with Crippen LogP contribution in [0.1, 0.15) is 15.9 Å². The number of pyridine rings is 1. The van der Waals surface area contributed by atoms with Gasteiger partial charge in [-0.05, 0) is 29.8 Å². The zero-order chi connectivity index (χ0) is 15.2. The molecule has 0 unspecified atom stereocenters. The summed E-state index contributed by atoms with van der Waals surface area (Å²) < 4.78 is 0. The van der Waals surface area contributed by atoms with Crippen molar-refractivity contribution in [2.24, 2.45) is 5.73 Å². The number of hydrogen-bond acceptors (Lipinski definition) is 3. The van der Waals surface area contributed by atoms with E-state index in [1.165, 1.54) is 11.1 Å². The first-order chi connectivity index (χ1) is 10.1. The molecule has 0 aliphatic rings. The lowest BCUT2D eigenvalue weighted by molar-refractivity contribution is -0.118. The second-order valence-electron chi connectivity index (χ2n) is 4.50. The van der Waals surface area contributed by atoms with Crippen molar-refractivity contribution >= 4 is 23.4 Å². The van der Waals surface area contributed by atoms with Crippen molar-refractivity contribution < 1.29 is 9.59 Å². The largest absolute Gasteiger partial charge is 0.368 e. The van der Waals surface area contributed by atoms with Crippen LogP contribution in [0.4, 0.5) is 0 Å². The van der Waals surface area contributed by atoms with Crippen molar-refractivity contribution in [3.63, 3.8) is 0 Å². The normalized spacial score (nSPS) is 10.1. The molecule has 1 heterocycles. The molecule has 0 aliphatic heterocycles. The fourth-order valence-electron chi connectivity index (χ4n) is 1.92. The molecule has 0 saturated carbocycles. The minimum atomic E-state index is -0.575. The minimum Gasteiger partial charge on any atom is -0.368 e. The standard InChI is InChI=1S/C15H14ClN3O2/c16-13-5-1-3-11(7-13)9-19(10-14(17)20)15(21)12-4-2-6-18-8-12/h1-8H,9-10H2,(H2,17,20). The van der Waals surface area contributed by atoms with Gasteiger partial charge in [0, 0.05) is 24.0 Å². The van der Waals surface area contributed by atoms with Gasteiger partial charge < -0.3 is 10.6 Å². The monoisotopic (exact) mass is 303 g/mol. The molecule has 1 aromatic carbocycles. The highest BCUT2D eigenvalue weighted by molar-refractivity contribution is 6.30. The zero-order valence-electron chi connectivity index (χ0n) is 11.2. The molecule has 2 aromatic rings. The third-order valence-corrected chi connectivity index (χ3v) is 3.04. The number of benzene rings is 1. The van der Waals surface area contributed by atoms with Crippen LogP contribution in [0.15, 0.2) is 48.8 Å². The molecule has 108 valence electrons. The Labute approximate surface area is 127 Å². The summed E-state index contributed by atoms with van der Waals surface area (Å²) in [5.41, 5.74) is 6.44. The SMILES string of the molecule is NC(=O)CN(Cc1cccc(Cl)c1)C(=O)c1cccnc1. The van der Waals surface area contributed by atoms with Crippen molar-refractivity contribution in [3.8, 4) is 0 Å². The molecule has 2 N–H and O–H groups in total. The molecule has 0 radical (unpaired) electrons. The van der Waals surface area contributed by atoms with Gasteiger partial charge in [0.25, 0.3) is 5.91 Å². The topological polar surface area (TPSA) is 76.3 Å². The van der Waals surface area contributed by atoms with E-state index >= 15 is 0 Å². The summed E-state index contributed by atoms with van der Waals surface area (Å²) in [6, 6.07) is 10.4. The lowest BCUT2D eigenvalue weighted by atomic mass is 10.2. The maximum atomic E-state index is 12.4. The molecular formula is C15H14ClN3O2. The van der Waals surface area contributed by atoms with Gasteiger partial charge in [0.05, 0.1) is 12.1 Å². The number of nitrogens with two attached hydrogens (primary N) is 1. The minimum absolute atomic E-state index is 0.166. The molecule has 6 heteroatoms. The van der Waals surface area contributed by atoms with Crippen LogP contribution in [0, 0.1) is 0 Å². The first-order valence-electron chi connectivity index (χ1n) is 6.28. The van der Waals surface area contributed by atoms with Crippen molar-refractivity contribution in [1.82, 2.24) is 9.88 Å². The van der Waals surface area contributed by atoms with Crippen LogP contribution in [0.5, 0.6) is 0 Å². The van der Waals surface area contributed by atoms with Crippen LogP contribution in [-0.4, -0.2) is 28.2 Å². The highest BCUT2D eigenvalue weighted by atomic mass is 35.5. The number of rotatable bonds is 5. The van der Waals surface area contributed by atoms with Crippen LogP contribution in [0.2, 0.25) is 5.02 Å². The average molecular weight is 304 g/mol. The molecule has 0 fully saturated rings. The van der Waals surface area contributed by atoms with E-state index in [9.17, 15) is 9.59 Å². The van der Waals surface area contributed by atoms with Crippen LogP contribution < -0.4 is 5.73 Å². The quantitative estimate of drug-likeness (QED) is 0.916. The fraction of sp³-hybridized carbons (Fsp3) is 0.133.